The normalized spacial score (nSPS) is 24.2. The Morgan fingerprint density at radius 2 is 1.71 bits per heavy atom. The maximum absolute atomic E-state index is 13.3. The Kier molecular flexibility index (Phi) is 3.28. The standard InChI is InChI=1S/C15H16F5N/c16-14(17)10-13(14)4-6-21(7-5-13)9-11-2-1-3-12(8-11)15(18,19)20/h1-3,8H,4-7,9-10H2. The van der Waals surface area contributed by atoms with Crippen molar-refractivity contribution in [3.8, 4) is 0 Å². The van der Waals surface area contributed by atoms with Crippen LogP contribution in [0, 0.1) is 5.41 Å². The Labute approximate surface area is 119 Å². The molecule has 6 heteroatoms. The first-order valence-electron chi connectivity index (χ1n) is 6.98. The molecule has 0 radical (unpaired) electrons. The summed E-state index contributed by atoms with van der Waals surface area (Å²) in [6.07, 6.45) is -3.52. The quantitative estimate of drug-likeness (QED) is 0.735. The van der Waals surface area contributed by atoms with Crippen molar-refractivity contribution in [2.45, 2.75) is 37.9 Å². The van der Waals surface area contributed by atoms with E-state index in [9.17, 15) is 22.0 Å². The molecule has 2 aliphatic rings. The van der Waals surface area contributed by atoms with E-state index in [0.29, 0.717) is 38.0 Å². The summed E-state index contributed by atoms with van der Waals surface area (Å²) in [7, 11) is 0. The summed E-state index contributed by atoms with van der Waals surface area (Å²) in [5.41, 5.74) is -0.914. The van der Waals surface area contributed by atoms with E-state index in [1.165, 1.54) is 6.07 Å². The van der Waals surface area contributed by atoms with Crippen LogP contribution in [0.25, 0.3) is 0 Å². The predicted molar refractivity (Wildman–Crippen MR) is 68.0 cm³/mol. The molecule has 0 aromatic heterocycles. The van der Waals surface area contributed by atoms with Gasteiger partial charge in [0.25, 0.3) is 5.92 Å². The van der Waals surface area contributed by atoms with Crippen molar-refractivity contribution >= 4 is 0 Å². The van der Waals surface area contributed by atoms with Gasteiger partial charge in [0, 0.05) is 18.4 Å². The molecular weight excluding hydrogens is 289 g/mol. The highest BCUT2D eigenvalue weighted by Crippen LogP contribution is 2.65. The van der Waals surface area contributed by atoms with Gasteiger partial charge in [0.1, 0.15) is 0 Å². The summed E-state index contributed by atoms with van der Waals surface area (Å²) in [6, 6.07) is 5.21. The fourth-order valence-electron chi connectivity index (χ4n) is 3.17. The van der Waals surface area contributed by atoms with Crippen LogP contribution in [0.5, 0.6) is 0 Å². The van der Waals surface area contributed by atoms with Gasteiger partial charge in [-0.2, -0.15) is 13.2 Å². The summed E-state index contributed by atoms with van der Waals surface area (Å²) in [5, 5.41) is 0. The fourth-order valence-corrected chi connectivity index (χ4v) is 3.17. The molecule has 0 N–H and O–H groups in total. The minimum Gasteiger partial charge on any atom is -0.299 e. The molecule has 116 valence electrons. The van der Waals surface area contributed by atoms with E-state index in [2.05, 4.69) is 0 Å². The van der Waals surface area contributed by atoms with Gasteiger partial charge < -0.3 is 0 Å². The van der Waals surface area contributed by atoms with Crippen LogP contribution in [0.2, 0.25) is 0 Å². The molecule has 3 rings (SSSR count). The average Bonchev–Trinajstić information content (AvgIpc) is 2.93. The summed E-state index contributed by atoms with van der Waals surface area (Å²) in [4.78, 5) is 1.95. The molecule has 0 bridgehead atoms. The van der Waals surface area contributed by atoms with E-state index in [0.717, 1.165) is 12.1 Å². The third-order valence-corrected chi connectivity index (χ3v) is 4.68. The highest BCUT2D eigenvalue weighted by molar-refractivity contribution is 5.25. The van der Waals surface area contributed by atoms with E-state index in [1.54, 1.807) is 6.07 Å². The lowest BCUT2D eigenvalue weighted by Gasteiger charge is -2.32. The van der Waals surface area contributed by atoms with Crippen molar-refractivity contribution in [1.29, 1.82) is 0 Å². The van der Waals surface area contributed by atoms with Crippen LogP contribution in [-0.2, 0) is 12.7 Å². The molecule has 1 aromatic rings. The number of hydrogen-bond acceptors (Lipinski definition) is 1. The number of likely N-dealkylation sites (tertiary alicyclic amines) is 1. The summed E-state index contributed by atoms with van der Waals surface area (Å²) >= 11 is 0. The number of piperidine rings is 1. The largest absolute Gasteiger partial charge is 0.416 e. The Morgan fingerprint density at radius 3 is 2.24 bits per heavy atom. The lowest BCUT2D eigenvalue weighted by Crippen LogP contribution is -2.36. The Bertz CT molecular complexity index is 529. The SMILES string of the molecule is FC(F)(F)c1cccc(CN2CCC3(CC2)CC3(F)F)c1. The van der Waals surface area contributed by atoms with E-state index in [4.69, 9.17) is 0 Å². The Morgan fingerprint density at radius 1 is 1.10 bits per heavy atom. The molecule has 1 saturated carbocycles. The van der Waals surface area contributed by atoms with Gasteiger partial charge in [-0.05, 0) is 37.6 Å². The van der Waals surface area contributed by atoms with E-state index in [1.807, 2.05) is 4.90 Å². The second kappa shape index (κ2) is 4.66. The summed E-state index contributed by atoms with van der Waals surface area (Å²) in [6.45, 7) is 1.42. The van der Waals surface area contributed by atoms with Crippen molar-refractivity contribution < 1.29 is 22.0 Å². The highest BCUT2D eigenvalue weighted by atomic mass is 19.4. The summed E-state index contributed by atoms with van der Waals surface area (Å²) < 4.78 is 64.5. The maximum atomic E-state index is 13.3. The molecule has 0 unspecified atom stereocenters. The average molecular weight is 305 g/mol. The van der Waals surface area contributed by atoms with E-state index in [-0.39, 0.29) is 6.42 Å². The van der Waals surface area contributed by atoms with Gasteiger partial charge in [0.05, 0.1) is 5.56 Å². The predicted octanol–water partition coefficient (Wildman–Crippen LogP) is 4.33. The minimum absolute atomic E-state index is 0.0304. The van der Waals surface area contributed by atoms with Gasteiger partial charge in [0.15, 0.2) is 0 Å². The van der Waals surface area contributed by atoms with Crippen LogP contribution in [0.1, 0.15) is 30.4 Å². The monoisotopic (exact) mass is 305 g/mol. The summed E-state index contributed by atoms with van der Waals surface area (Å²) in [5.74, 6) is -2.53. The van der Waals surface area contributed by atoms with Crippen LogP contribution in [0.3, 0.4) is 0 Å². The second-order valence-corrected chi connectivity index (χ2v) is 6.14. The lowest BCUT2D eigenvalue weighted by molar-refractivity contribution is -0.137. The highest BCUT2D eigenvalue weighted by Gasteiger charge is 2.70. The Hall–Kier alpha value is -1.17. The molecule has 0 amide bonds. The van der Waals surface area contributed by atoms with Crippen molar-refractivity contribution in [2.24, 2.45) is 5.41 Å². The first-order valence-corrected chi connectivity index (χ1v) is 6.98. The molecule has 1 nitrogen and oxygen atoms in total. The lowest BCUT2D eigenvalue weighted by atomic mass is 9.92. The molecule has 1 spiro atoms. The van der Waals surface area contributed by atoms with Crippen molar-refractivity contribution in [1.82, 2.24) is 4.90 Å². The molecule has 0 atom stereocenters. The van der Waals surface area contributed by atoms with Crippen LogP contribution in [0.4, 0.5) is 22.0 Å². The maximum Gasteiger partial charge on any atom is 0.416 e. The first kappa shape index (κ1) is 14.8. The molecule has 1 aliphatic heterocycles. The van der Waals surface area contributed by atoms with Gasteiger partial charge >= 0.3 is 6.18 Å². The molecule has 2 fully saturated rings. The van der Waals surface area contributed by atoms with Crippen LogP contribution in [0.15, 0.2) is 24.3 Å². The van der Waals surface area contributed by atoms with Crippen LogP contribution in [-0.4, -0.2) is 23.9 Å². The van der Waals surface area contributed by atoms with Crippen LogP contribution < -0.4 is 0 Å². The molecule has 1 aromatic carbocycles. The topological polar surface area (TPSA) is 3.24 Å². The van der Waals surface area contributed by atoms with Gasteiger partial charge in [-0.15, -0.1) is 0 Å². The number of benzene rings is 1. The first-order chi connectivity index (χ1) is 9.72. The molecule has 21 heavy (non-hydrogen) atoms. The number of alkyl halides is 5. The van der Waals surface area contributed by atoms with Gasteiger partial charge in [-0.3, -0.25) is 4.90 Å². The zero-order valence-corrected chi connectivity index (χ0v) is 11.4. The molecular formula is C15H16F5N. The van der Waals surface area contributed by atoms with E-state index < -0.39 is 23.1 Å². The Balaban J connectivity index is 1.61. The molecule has 1 aliphatic carbocycles. The van der Waals surface area contributed by atoms with Gasteiger partial charge in [-0.1, -0.05) is 18.2 Å². The van der Waals surface area contributed by atoms with Crippen LogP contribution >= 0.6 is 0 Å². The van der Waals surface area contributed by atoms with Crippen molar-refractivity contribution in [2.75, 3.05) is 13.1 Å². The van der Waals surface area contributed by atoms with E-state index >= 15 is 0 Å². The van der Waals surface area contributed by atoms with Crippen molar-refractivity contribution in [3.05, 3.63) is 35.4 Å². The third-order valence-electron chi connectivity index (χ3n) is 4.68. The van der Waals surface area contributed by atoms with Gasteiger partial charge in [0.2, 0.25) is 0 Å². The van der Waals surface area contributed by atoms with Crippen molar-refractivity contribution in [3.63, 3.8) is 0 Å². The molecule has 1 saturated heterocycles. The smallest absolute Gasteiger partial charge is 0.299 e. The third kappa shape index (κ3) is 2.78. The second-order valence-electron chi connectivity index (χ2n) is 6.14. The number of nitrogens with zero attached hydrogens (tertiary/aromatic N) is 1. The van der Waals surface area contributed by atoms with Gasteiger partial charge in [-0.25, -0.2) is 8.78 Å². The minimum atomic E-state index is -4.35. The zero-order valence-electron chi connectivity index (χ0n) is 11.4. The fraction of sp³-hybridized carbons (Fsp3) is 0.600. The molecule has 1 heterocycles. The zero-order chi connectivity index (χ0) is 15.3. The number of hydrogen-bond donors (Lipinski definition) is 0. The number of rotatable bonds is 2. The number of halogens is 5.